The van der Waals surface area contributed by atoms with Crippen molar-refractivity contribution in [3.05, 3.63) is 48.0 Å². The maximum Gasteiger partial charge on any atom is 0.311 e. The Labute approximate surface area is 136 Å². The van der Waals surface area contributed by atoms with Gasteiger partial charge in [0.2, 0.25) is 0 Å². The average molecular weight is 320 g/mol. The molecule has 1 heterocycles. The number of aliphatic hydroxyl groups is 1. The fourth-order valence-electron chi connectivity index (χ4n) is 2.09. The van der Waals surface area contributed by atoms with Crippen LogP contribution in [0.5, 0.6) is 0 Å². The first-order valence-corrected chi connectivity index (χ1v) is 7.64. The fraction of sp³-hybridized carbons (Fsp3) is 0.500. The van der Waals surface area contributed by atoms with Gasteiger partial charge in [0.1, 0.15) is 18.8 Å². The van der Waals surface area contributed by atoms with Crippen LogP contribution in [0.1, 0.15) is 26.3 Å². The molecule has 2 rings (SSSR count). The van der Waals surface area contributed by atoms with Crippen LogP contribution in [0.4, 0.5) is 0 Å². The second kappa shape index (κ2) is 7.25. The minimum atomic E-state index is -0.933. The van der Waals surface area contributed by atoms with Crippen LogP contribution in [0.2, 0.25) is 0 Å². The fourth-order valence-corrected chi connectivity index (χ4v) is 2.09. The van der Waals surface area contributed by atoms with Gasteiger partial charge in [0.25, 0.3) is 0 Å². The second-order valence-electron chi connectivity index (χ2n) is 6.66. The number of esters is 1. The maximum absolute atomic E-state index is 11.8. The molecule has 1 fully saturated rings. The molecule has 0 amide bonds. The highest BCUT2D eigenvalue weighted by Gasteiger charge is 2.39. The van der Waals surface area contributed by atoms with Gasteiger partial charge in [-0.3, -0.25) is 4.79 Å². The lowest BCUT2D eigenvalue weighted by Gasteiger charge is -2.19. The Kier molecular flexibility index (Phi) is 5.57. The molecule has 0 spiro atoms. The molecule has 1 aliphatic heterocycles. The highest BCUT2D eigenvalue weighted by atomic mass is 16.7. The Morgan fingerprint density at radius 2 is 1.96 bits per heavy atom. The molecule has 0 saturated carbocycles. The zero-order valence-electron chi connectivity index (χ0n) is 13.8. The molecule has 0 bridgehead atoms. The van der Waals surface area contributed by atoms with Crippen LogP contribution in [0.25, 0.3) is 0 Å². The number of aliphatic hydroxyl groups excluding tert-OH is 1. The zero-order chi connectivity index (χ0) is 17.0. The minimum Gasteiger partial charge on any atom is -0.462 e. The Hall–Kier alpha value is -1.69. The second-order valence-corrected chi connectivity index (χ2v) is 6.66. The lowest BCUT2D eigenvalue weighted by atomic mass is 9.97. The van der Waals surface area contributed by atoms with Gasteiger partial charge < -0.3 is 19.3 Å². The van der Waals surface area contributed by atoms with Gasteiger partial charge >= 0.3 is 5.97 Å². The molecule has 0 aliphatic carbocycles. The molecule has 5 nitrogen and oxygen atoms in total. The molecule has 1 aromatic rings. The van der Waals surface area contributed by atoms with Crippen molar-refractivity contribution in [2.24, 2.45) is 5.41 Å². The number of rotatable bonds is 5. The smallest absolute Gasteiger partial charge is 0.311 e. The predicted octanol–water partition coefficient (Wildman–Crippen LogP) is 2.43. The topological polar surface area (TPSA) is 65.0 Å². The van der Waals surface area contributed by atoms with Gasteiger partial charge in [0, 0.05) is 0 Å². The van der Waals surface area contributed by atoms with Gasteiger partial charge in [-0.1, -0.05) is 36.9 Å². The number of hydrogen-bond donors (Lipinski definition) is 1. The monoisotopic (exact) mass is 320 g/mol. The van der Waals surface area contributed by atoms with Gasteiger partial charge in [0.05, 0.1) is 12.0 Å². The highest BCUT2D eigenvalue weighted by molar-refractivity contribution is 5.75. The molecule has 1 saturated heterocycles. The van der Waals surface area contributed by atoms with Gasteiger partial charge in [-0.25, -0.2) is 0 Å². The quantitative estimate of drug-likeness (QED) is 0.667. The van der Waals surface area contributed by atoms with E-state index in [9.17, 15) is 9.90 Å². The lowest BCUT2D eigenvalue weighted by molar-refractivity contribution is -0.182. The van der Waals surface area contributed by atoms with Gasteiger partial charge in [-0.15, -0.1) is 0 Å². The number of hydrogen-bond acceptors (Lipinski definition) is 5. The van der Waals surface area contributed by atoms with E-state index < -0.39 is 23.9 Å². The average Bonchev–Trinajstić information content (AvgIpc) is 2.78. The third-order valence-corrected chi connectivity index (χ3v) is 3.58. The van der Waals surface area contributed by atoms with E-state index in [0.29, 0.717) is 12.2 Å². The summed E-state index contributed by atoms with van der Waals surface area (Å²) < 4.78 is 16.5. The van der Waals surface area contributed by atoms with Gasteiger partial charge in [0.15, 0.2) is 6.29 Å². The molecule has 5 heteroatoms. The summed E-state index contributed by atoms with van der Waals surface area (Å²) in [6.07, 6.45) is -2.30. The Bertz CT molecular complexity index is 546. The van der Waals surface area contributed by atoms with Crippen LogP contribution in [-0.2, 0) is 25.6 Å². The summed E-state index contributed by atoms with van der Waals surface area (Å²) >= 11 is 0. The van der Waals surface area contributed by atoms with Crippen LogP contribution in [0.15, 0.2) is 42.5 Å². The summed E-state index contributed by atoms with van der Waals surface area (Å²) in [6, 6.07) is 9.61. The zero-order valence-corrected chi connectivity index (χ0v) is 13.8. The van der Waals surface area contributed by atoms with Crippen molar-refractivity contribution >= 4 is 5.97 Å². The summed E-state index contributed by atoms with van der Waals surface area (Å²) in [7, 11) is 0. The molecule has 126 valence electrons. The molecule has 0 radical (unpaired) electrons. The Morgan fingerprint density at radius 3 is 2.57 bits per heavy atom. The van der Waals surface area contributed by atoms with Crippen LogP contribution in [0, 0.1) is 5.41 Å². The van der Waals surface area contributed by atoms with E-state index in [1.807, 2.05) is 30.3 Å². The number of carbonyl (C=O) groups excluding carboxylic acids is 1. The molecule has 23 heavy (non-hydrogen) atoms. The van der Waals surface area contributed by atoms with Crippen molar-refractivity contribution in [2.45, 2.75) is 45.9 Å². The van der Waals surface area contributed by atoms with Crippen molar-refractivity contribution in [2.75, 3.05) is 6.61 Å². The standard InChI is InChI=1S/C18H24O5/c1-12-14(11-22-17(20)18(2,3)4)23-16(15(12)19)21-10-13-8-6-5-7-9-13/h5-9,14-16,19H,1,10-11H2,2-4H3/t14-,15-,16-/m1/s1. The number of ether oxygens (including phenoxy) is 3. The lowest BCUT2D eigenvalue weighted by Crippen LogP contribution is -2.28. The van der Waals surface area contributed by atoms with Gasteiger partial charge in [-0.05, 0) is 31.9 Å². The molecule has 1 aromatic carbocycles. The Balaban J connectivity index is 1.86. The number of benzene rings is 1. The SMILES string of the molecule is C=C1[C@@H](O)[C@H](OCc2ccccc2)O[C@@H]1COC(=O)C(C)(C)C. The highest BCUT2D eigenvalue weighted by Crippen LogP contribution is 2.27. The largest absolute Gasteiger partial charge is 0.462 e. The molecule has 0 unspecified atom stereocenters. The third kappa shape index (κ3) is 4.64. The van der Waals surface area contributed by atoms with Crippen LogP contribution in [0.3, 0.4) is 0 Å². The molecule has 1 aliphatic rings. The van der Waals surface area contributed by atoms with E-state index in [1.165, 1.54) is 0 Å². The maximum atomic E-state index is 11.8. The van der Waals surface area contributed by atoms with E-state index in [1.54, 1.807) is 20.8 Å². The first-order chi connectivity index (χ1) is 10.8. The summed E-state index contributed by atoms with van der Waals surface area (Å²) in [5.41, 5.74) is 0.864. The van der Waals surface area contributed by atoms with Crippen molar-refractivity contribution in [3.63, 3.8) is 0 Å². The molecule has 0 aromatic heterocycles. The van der Waals surface area contributed by atoms with E-state index in [0.717, 1.165) is 5.56 Å². The normalized spacial score (nSPS) is 24.7. The minimum absolute atomic E-state index is 0.0250. The summed E-state index contributed by atoms with van der Waals surface area (Å²) in [5, 5.41) is 10.1. The molecule has 3 atom stereocenters. The molecular weight excluding hydrogens is 296 g/mol. The van der Waals surface area contributed by atoms with Crippen molar-refractivity contribution in [1.82, 2.24) is 0 Å². The van der Waals surface area contributed by atoms with E-state index in [2.05, 4.69) is 6.58 Å². The van der Waals surface area contributed by atoms with Gasteiger partial charge in [-0.2, -0.15) is 0 Å². The van der Waals surface area contributed by atoms with Crippen molar-refractivity contribution < 1.29 is 24.1 Å². The molecular formula is C18H24O5. The summed E-state index contributed by atoms with van der Waals surface area (Å²) in [5.74, 6) is -0.322. The summed E-state index contributed by atoms with van der Waals surface area (Å²) in [6.45, 7) is 9.50. The first-order valence-electron chi connectivity index (χ1n) is 7.64. The van der Waals surface area contributed by atoms with E-state index in [4.69, 9.17) is 14.2 Å². The Morgan fingerprint density at radius 1 is 1.30 bits per heavy atom. The predicted molar refractivity (Wildman–Crippen MR) is 85.5 cm³/mol. The van der Waals surface area contributed by atoms with E-state index >= 15 is 0 Å². The van der Waals surface area contributed by atoms with E-state index in [-0.39, 0.29) is 12.6 Å². The van der Waals surface area contributed by atoms with Crippen LogP contribution < -0.4 is 0 Å². The first kappa shape index (κ1) is 17.7. The third-order valence-electron chi connectivity index (χ3n) is 3.58. The van der Waals surface area contributed by atoms with Crippen molar-refractivity contribution in [1.29, 1.82) is 0 Å². The number of carbonyl (C=O) groups is 1. The summed E-state index contributed by atoms with van der Waals surface area (Å²) in [4.78, 5) is 11.8. The van der Waals surface area contributed by atoms with Crippen molar-refractivity contribution in [3.8, 4) is 0 Å². The van der Waals surface area contributed by atoms with Crippen LogP contribution >= 0.6 is 0 Å². The molecule has 1 N–H and O–H groups in total. The van der Waals surface area contributed by atoms with Crippen LogP contribution in [-0.4, -0.2) is 36.2 Å².